The highest BCUT2D eigenvalue weighted by molar-refractivity contribution is 7.99. The van der Waals surface area contributed by atoms with Crippen LogP contribution in [0, 0.1) is 5.92 Å². The van der Waals surface area contributed by atoms with Gasteiger partial charge >= 0.3 is 0 Å². The molecule has 0 aliphatic heterocycles. The minimum absolute atomic E-state index is 0.322. The van der Waals surface area contributed by atoms with Crippen molar-refractivity contribution in [2.75, 3.05) is 7.05 Å². The first-order valence-corrected chi connectivity index (χ1v) is 7.90. The lowest BCUT2D eigenvalue weighted by atomic mass is 9.96. The SMILES string of the molecule is CNC(c1ccccc1)C(Sc1ccccn1)C(C)C. The number of nitrogens with zero attached hydrogens (tertiary/aromatic N) is 1. The van der Waals surface area contributed by atoms with E-state index in [1.54, 1.807) is 0 Å². The predicted molar refractivity (Wildman–Crippen MR) is 87.0 cm³/mol. The van der Waals surface area contributed by atoms with Gasteiger partial charge in [-0.25, -0.2) is 4.98 Å². The summed E-state index contributed by atoms with van der Waals surface area (Å²) in [6.07, 6.45) is 1.86. The first-order chi connectivity index (χ1) is 9.72. The molecular weight excluding hydrogens is 264 g/mol. The average molecular weight is 286 g/mol. The number of hydrogen-bond acceptors (Lipinski definition) is 3. The van der Waals surface area contributed by atoms with Gasteiger partial charge in [-0.3, -0.25) is 0 Å². The van der Waals surface area contributed by atoms with E-state index in [0.717, 1.165) is 5.03 Å². The van der Waals surface area contributed by atoms with Gasteiger partial charge in [-0.05, 0) is 30.7 Å². The molecule has 2 atom stereocenters. The molecule has 2 unspecified atom stereocenters. The summed E-state index contributed by atoms with van der Waals surface area (Å²) in [6.45, 7) is 4.54. The topological polar surface area (TPSA) is 24.9 Å². The van der Waals surface area contributed by atoms with Crippen LogP contribution in [0.15, 0.2) is 59.8 Å². The molecule has 1 aromatic heterocycles. The second kappa shape index (κ2) is 7.46. The lowest BCUT2D eigenvalue weighted by Crippen LogP contribution is -2.31. The Bertz CT molecular complexity index is 499. The Kier molecular flexibility index (Phi) is 5.62. The maximum Gasteiger partial charge on any atom is 0.0963 e. The molecule has 0 radical (unpaired) electrons. The number of hydrogen-bond donors (Lipinski definition) is 1. The van der Waals surface area contributed by atoms with Crippen molar-refractivity contribution in [3.05, 3.63) is 60.3 Å². The van der Waals surface area contributed by atoms with Crippen LogP contribution in [-0.4, -0.2) is 17.3 Å². The summed E-state index contributed by atoms with van der Waals surface area (Å²) >= 11 is 1.85. The van der Waals surface area contributed by atoms with Gasteiger partial charge in [0.25, 0.3) is 0 Å². The molecule has 2 aromatic rings. The zero-order valence-corrected chi connectivity index (χ0v) is 13.1. The first-order valence-electron chi connectivity index (χ1n) is 7.02. The molecule has 20 heavy (non-hydrogen) atoms. The molecule has 0 aliphatic carbocycles. The van der Waals surface area contributed by atoms with Crippen LogP contribution >= 0.6 is 11.8 Å². The molecule has 1 N–H and O–H groups in total. The molecule has 1 heterocycles. The van der Waals surface area contributed by atoms with Crippen molar-refractivity contribution in [3.63, 3.8) is 0 Å². The van der Waals surface area contributed by atoms with Gasteiger partial charge in [-0.15, -0.1) is 11.8 Å². The summed E-state index contributed by atoms with van der Waals surface area (Å²) in [6, 6.07) is 17.0. The van der Waals surface area contributed by atoms with Crippen LogP contribution in [0.25, 0.3) is 0 Å². The van der Waals surface area contributed by atoms with Gasteiger partial charge in [0.15, 0.2) is 0 Å². The van der Waals surface area contributed by atoms with Gasteiger partial charge in [-0.2, -0.15) is 0 Å². The van der Waals surface area contributed by atoms with E-state index in [0.29, 0.717) is 17.2 Å². The zero-order valence-electron chi connectivity index (χ0n) is 12.3. The van der Waals surface area contributed by atoms with Crippen LogP contribution in [0.3, 0.4) is 0 Å². The summed E-state index contributed by atoms with van der Waals surface area (Å²) in [5.74, 6) is 0.555. The summed E-state index contributed by atoms with van der Waals surface area (Å²) in [4.78, 5) is 4.45. The van der Waals surface area contributed by atoms with Gasteiger partial charge < -0.3 is 5.32 Å². The van der Waals surface area contributed by atoms with E-state index in [1.807, 2.05) is 37.1 Å². The summed E-state index contributed by atoms with van der Waals surface area (Å²) < 4.78 is 0. The summed E-state index contributed by atoms with van der Waals surface area (Å²) in [5, 5.41) is 5.00. The van der Waals surface area contributed by atoms with Crippen molar-refractivity contribution in [1.82, 2.24) is 10.3 Å². The third kappa shape index (κ3) is 3.84. The van der Waals surface area contributed by atoms with Crippen LogP contribution in [0.1, 0.15) is 25.5 Å². The molecule has 0 saturated heterocycles. The van der Waals surface area contributed by atoms with E-state index in [2.05, 4.69) is 60.5 Å². The fourth-order valence-electron chi connectivity index (χ4n) is 2.33. The Morgan fingerprint density at radius 2 is 1.70 bits per heavy atom. The zero-order chi connectivity index (χ0) is 14.4. The second-order valence-corrected chi connectivity index (χ2v) is 6.37. The van der Waals surface area contributed by atoms with Crippen molar-refractivity contribution in [3.8, 4) is 0 Å². The lowest BCUT2D eigenvalue weighted by molar-refractivity contribution is 0.472. The lowest BCUT2D eigenvalue weighted by Gasteiger charge is -2.29. The third-order valence-electron chi connectivity index (χ3n) is 3.35. The number of benzene rings is 1. The number of thioether (sulfide) groups is 1. The van der Waals surface area contributed by atoms with Crippen LogP contribution in [0.5, 0.6) is 0 Å². The minimum atomic E-state index is 0.322. The highest BCUT2D eigenvalue weighted by Crippen LogP contribution is 2.35. The molecule has 0 amide bonds. The standard InChI is InChI=1S/C17H22N2S/c1-13(2)17(20-15-11-7-8-12-19-15)16(18-3)14-9-5-4-6-10-14/h4-13,16-18H,1-3H3. The normalized spacial score (nSPS) is 14.2. The third-order valence-corrected chi connectivity index (χ3v) is 4.92. The predicted octanol–water partition coefficient (Wildman–Crippen LogP) is 4.16. The van der Waals surface area contributed by atoms with E-state index in [-0.39, 0.29) is 0 Å². The number of rotatable bonds is 6. The van der Waals surface area contributed by atoms with Crippen molar-refractivity contribution >= 4 is 11.8 Å². The first kappa shape index (κ1) is 15.1. The van der Waals surface area contributed by atoms with Crippen LogP contribution in [0.2, 0.25) is 0 Å². The van der Waals surface area contributed by atoms with E-state index < -0.39 is 0 Å². The fraction of sp³-hybridized carbons (Fsp3) is 0.353. The van der Waals surface area contributed by atoms with Crippen molar-refractivity contribution in [1.29, 1.82) is 0 Å². The minimum Gasteiger partial charge on any atom is -0.312 e. The highest BCUT2D eigenvalue weighted by Gasteiger charge is 2.26. The molecule has 2 rings (SSSR count). The monoisotopic (exact) mass is 286 g/mol. The molecule has 0 bridgehead atoms. The average Bonchev–Trinajstić information content (AvgIpc) is 2.49. The Morgan fingerprint density at radius 3 is 2.25 bits per heavy atom. The molecule has 1 aromatic carbocycles. The van der Waals surface area contributed by atoms with E-state index in [4.69, 9.17) is 0 Å². The van der Waals surface area contributed by atoms with Gasteiger partial charge in [0.05, 0.1) is 5.03 Å². The maximum atomic E-state index is 4.45. The van der Waals surface area contributed by atoms with Gasteiger partial charge in [0, 0.05) is 17.5 Å². The fourth-order valence-corrected chi connectivity index (χ4v) is 3.59. The summed E-state index contributed by atoms with van der Waals surface area (Å²) in [7, 11) is 2.03. The quantitative estimate of drug-likeness (QED) is 0.807. The molecule has 3 heteroatoms. The Morgan fingerprint density at radius 1 is 1.00 bits per heavy atom. The van der Waals surface area contributed by atoms with Crippen LogP contribution in [0.4, 0.5) is 0 Å². The Hall–Kier alpha value is -1.32. The molecule has 0 fully saturated rings. The highest BCUT2D eigenvalue weighted by atomic mass is 32.2. The summed E-state index contributed by atoms with van der Waals surface area (Å²) in [5.41, 5.74) is 1.33. The number of aromatic nitrogens is 1. The molecule has 0 spiro atoms. The van der Waals surface area contributed by atoms with Gasteiger partial charge in [-0.1, -0.05) is 50.2 Å². The Balaban J connectivity index is 2.22. The molecule has 0 saturated carbocycles. The van der Waals surface area contributed by atoms with E-state index in [9.17, 15) is 0 Å². The van der Waals surface area contributed by atoms with Crippen LogP contribution < -0.4 is 5.32 Å². The molecular formula is C17H22N2S. The van der Waals surface area contributed by atoms with Gasteiger partial charge in [0.2, 0.25) is 0 Å². The molecule has 0 aliphatic rings. The maximum absolute atomic E-state index is 4.45. The Labute approximate surface area is 126 Å². The smallest absolute Gasteiger partial charge is 0.0963 e. The van der Waals surface area contributed by atoms with Crippen molar-refractivity contribution in [2.24, 2.45) is 5.92 Å². The molecule has 106 valence electrons. The van der Waals surface area contributed by atoms with E-state index in [1.165, 1.54) is 5.56 Å². The van der Waals surface area contributed by atoms with Crippen LogP contribution in [-0.2, 0) is 0 Å². The largest absolute Gasteiger partial charge is 0.312 e. The number of nitrogens with one attached hydrogen (secondary N) is 1. The number of pyridine rings is 1. The second-order valence-electron chi connectivity index (χ2n) is 5.17. The van der Waals surface area contributed by atoms with Crippen molar-refractivity contribution < 1.29 is 0 Å². The van der Waals surface area contributed by atoms with Crippen molar-refractivity contribution in [2.45, 2.75) is 30.2 Å². The molecule has 2 nitrogen and oxygen atoms in total. The van der Waals surface area contributed by atoms with E-state index >= 15 is 0 Å². The van der Waals surface area contributed by atoms with Gasteiger partial charge in [0.1, 0.15) is 0 Å².